The molecule has 4 nitrogen and oxygen atoms in total. The number of ketones is 2. The minimum absolute atomic E-state index is 0.0569. The average molecular weight is 388 g/mol. The number of allylic oxidation sites excluding steroid dienone is 1. The Morgan fingerprint density at radius 3 is 2.08 bits per heavy atom. The Balaban J connectivity index is 1.78. The van der Waals surface area contributed by atoms with E-state index in [-0.39, 0.29) is 38.3 Å². The van der Waals surface area contributed by atoms with Gasteiger partial charge in [0.2, 0.25) is 0 Å². The van der Waals surface area contributed by atoms with Crippen molar-refractivity contribution in [2.24, 2.45) is 7.05 Å². The molecule has 132 valence electrons. The second kappa shape index (κ2) is 5.86. The van der Waals surface area contributed by atoms with Gasteiger partial charge < -0.3 is 8.98 Å². The highest BCUT2D eigenvalue weighted by Crippen LogP contribution is 2.35. The third-order valence-electron chi connectivity index (χ3n) is 4.70. The topological polar surface area (TPSA) is 52.2 Å². The zero-order valence-corrected chi connectivity index (χ0v) is 15.9. The molecule has 0 amide bonds. The largest absolute Gasteiger partial charge is 0.455 e. The zero-order chi connectivity index (χ0) is 18.7. The molecule has 2 heterocycles. The molecule has 0 spiro atoms. The van der Waals surface area contributed by atoms with Crippen LogP contribution in [0, 0.1) is 0 Å². The summed E-state index contributed by atoms with van der Waals surface area (Å²) in [5, 5.41) is 0.496. The van der Waals surface area contributed by atoms with Crippen molar-refractivity contribution in [3.8, 4) is 0 Å². The first-order valence-electron chi connectivity index (χ1n) is 8.17. The highest BCUT2D eigenvalue weighted by molar-refractivity contribution is 6.46. The fourth-order valence-electron chi connectivity index (χ4n) is 3.36. The fraction of sp³-hybridized carbons (Fsp3) is 0.200. The smallest absolute Gasteiger partial charge is 0.197 e. The fourth-order valence-corrected chi connectivity index (χ4v) is 3.69. The maximum absolute atomic E-state index is 12.6. The van der Waals surface area contributed by atoms with E-state index in [4.69, 9.17) is 27.6 Å². The second-order valence-electron chi connectivity index (χ2n) is 6.71. The van der Waals surface area contributed by atoms with Gasteiger partial charge in [0.15, 0.2) is 17.1 Å². The predicted molar refractivity (Wildman–Crippen MR) is 102 cm³/mol. The van der Waals surface area contributed by atoms with Gasteiger partial charge in [-0.25, -0.2) is 0 Å². The van der Waals surface area contributed by atoms with Crippen LogP contribution in [0.25, 0.3) is 17.2 Å². The number of halogens is 2. The summed E-state index contributed by atoms with van der Waals surface area (Å²) in [5.41, 5.74) is 3.40. The number of fused-ring (bicyclic) bond motifs is 2. The second-order valence-corrected chi connectivity index (χ2v) is 7.52. The molecule has 0 unspecified atom stereocenters. The van der Waals surface area contributed by atoms with Gasteiger partial charge >= 0.3 is 0 Å². The molecule has 1 aromatic carbocycles. The van der Waals surface area contributed by atoms with Crippen molar-refractivity contribution in [2.45, 2.75) is 19.8 Å². The van der Waals surface area contributed by atoms with Crippen LogP contribution < -0.4 is 0 Å². The van der Waals surface area contributed by atoms with Gasteiger partial charge in [0, 0.05) is 36.0 Å². The van der Waals surface area contributed by atoms with Crippen LogP contribution in [0.4, 0.5) is 0 Å². The number of aromatic nitrogens is 1. The van der Waals surface area contributed by atoms with Crippen molar-refractivity contribution in [2.75, 3.05) is 0 Å². The normalized spacial score (nSPS) is 14.0. The van der Waals surface area contributed by atoms with E-state index in [1.807, 2.05) is 19.2 Å². The number of aryl methyl sites for hydroxylation is 1. The molecular weight excluding hydrogens is 373 g/mol. The number of rotatable bonds is 2. The van der Waals surface area contributed by atoms with Crippen LogP contribution in [0.5, 0.6) is 0 Å². The van der Waals surface area contributed by atoms with Crippen LogP contribution >= 0.6 is 23.2 Å². The Morgan fingerprint density at radius 1 is 1.00 bits per heavy atom. The number of furan rings is 1. The molecule has 0 radical (unpaired) electrons. The summed E-state index contributed by atoms with van der Waals surface area (Å²) >= 11 is 11.9. The van der Waals surface area contributed by atoms with Gasteiger partial charge in [-0.2, -0.15) is 0 Å². The molecule has 0 aliphatic heterocycles. The first-order chi connectivity index (χ1) is 12.3. The molecule has 0 bridgehead atoms. The van der Waals surface area contributed by atoms with Gasteiger partial charge in [0.05, 0.1) is 21.1 Å². The monoisotopic (exact) mass is 387 g/mol. The number of carbonyl (C=O) groups is 2. The lowest BCUT2D eigenvalue weighted by atomic mass is 10.1. The average Bonchev–Trinajstić information content (AvgIpc) is 3.18. The maximum atomic E-state index is 12.6. The molecule has 26 heavy (non-hydrogen) atoms. The third kappa shape index (κ3) is 2.44. The molecule has 0 saturated heterocycles. The van der Waals surface area contributed by atoms with Crippen molar-refractivity contribution in [3.05, 3.63) is 62.5 Å². The molecule has 0 atom stereocenters. The van der Waals surface area contributed by atoms with Crippen LogP contribution in [-0.2, 0) is 7.05 Å². The zero-order valence-electron chi connectivity index (χ0n) is 14.4. The van der Waals surface area contributed by atoms with Crippen molar-refractivity contribution in [1.82, 2.24) is 4.57 Å². The Kier molecular flexibility index (Phi) is 3.86. The van der Waals surface area contributed by atoms with Gasteiger partial charge in [-0.1, -0.05) is 37.0 Å². The molecule has 2 aromatic heterocycles. The molecule has 4 rings (SSSR count). The van der Waals surface area contributed by atoms with E-state index >= 15 is 0 Å². The molecule has 1 aliphatic rings. The molecule has 1 aliphatic carbocycles. The van der Waals surface area contributed by atoms with Crippen molar-refractivity contribution < 1.29 is 14.0 Å². The number of nitrogens with zero attached hydrogens (tertiary/aromatic N) is 1. The summed E-state index contributed by atoms with van der Waals surface area (Å²) in [6, 6.07) is 6.69. The highest BCUT2D eigenvalue weighted by Gasteiger charge is 2.34. The minimum Gasteiger partial charge on any atom is -0.455 e. The standard InChI is InChI=1S/C20H15Cl2NO3/c1-9(2)16-8-18-17(23(16)3)5-10(26-18)4-13-19(24)11-6-14(21)15(22)7-12(11)20(13)25/h4-9H,1-3H3. The lowest BCUT2D eigenvalue weighted by Gasteiger charge is -2.05. The van der Waals surface area contributed by atoms with Gasteiger partial charge in [-0.15, -0.1) is 0 Å². The van der Waals surface area contributed by atoms with E-state index in [0.717, 1.165) is 16.8 Å². The summed E-state index contributed by atoms with van der Waals surface area (Å²) in [6.07, 6.45) is 1.49. The Bertz CT molecular complexity index is 1090. The number of hydrogen-bond donors (Lipinski definition) is 0. The Labute approximate surface area is 160 Å². The Morgan fingerprint density at radius 2 is 1.58 bits per heavy atom. The number of benzene rings is 1. The quantitative estimate of drug-likeness (QED) is 0.420. The number of hydrogen-bond acceptors (Lipinski definition) is 3. The lowest BCUT2D eigenvalue weighted by Crippen LogP contribution is -2.00. The summed E-state index contributed by atoms with van der Waals surface area (Å²) in [7, 11) is 1.97. The van der Waals surface area contributed by atoms with Gasteiger partial charge in [-0.05, 0) is 24.1 Å². The van der Waals surface area contributed by atoms with Gasteiger partial charge in [0.25, 0.3) is 0 Å². The SMILES string of the molecule is CC(C)c1cc2oc(C=C3C(=O)c4cc(Cl)c(Cl)cc4C3=O)cc2n1C. The third-order valence-corrected chi connectivity index (χ3v) is 5.43. The first-order valence-corrected chi connectivity index (χ1v) is 8.92. The van der Waals surface area contributed by atoms with Crippen LogP contribution in [0.2, 0.25) is 10.0 Å². The summed E-state index contributed by atoms with van der Waals surface area (Å²) in [6.45, 7) is 4.22. The Hall–Kier alpha value is -2.30. The maximum Gasteiger partial charge on any atom is 0.197 e. The van der Waals surface area contributed by atoms with E-state index in [1.165, 1.54) is 18.2 Å². The number of Topliss-reactive ketones (excluding diaryl/α,β-unsaturated/α-hetero) is 2. The van der Waals surface area contributed by atoms with E-state index < -0.39 is 0 Å². The summed E-state index contributed by atoms with van der Waals surface area (Å²) < 4.78 is 7.88. The van der Waals surface area contributed by atoms with Crippen LogP contribution in [0.3, 0.4) is 0 Å². The van der Waals surface area contributed by atoms with E-state index in [1.54, 1.807) is 0 Å². The minimum atomic E-state index is -0.369. The summed E-state index contributed by atoms with van der Waals surface area (Å²) in [4.78, 5) is 25.2. The predicted octanol–water partition coefficient (Wildman–Crippen LogP) is 5.66. The van der Waals surface area contributed by atoms with Crippen molar-refractivity contribution in [3.63, 3.8) is 0 Å². The molecule has 0 N–H and O–H groups in total. The molecular formula is C20H15Cl2NO3. The summed E-state index contributed by atoms with van der Waals surface area (Å²) in [5.74, 6) is 0.0905. The molecule has 0 saturated carbocycles. The van der Waals surface area contributed by atoms with Gasteiger partial charge in [0.1, 0.15) is 5.76 Å². The van der Waals surface area contributed by atoms with Crippen molar-refractivity contribution >= 4 is 51.9 Å². The van der Waals surface area contributed by atoms with E-state index in [0.29, 0.717) is 11.7 Å². The molecule has 0 fully saturated rings. The van der Waals surface area contributed by atoms with Gasteiger partial charge in [-0.3, -0.25) is 9.59 Å². The van der Waals surface area contributed by atoms with Crippen LogP contribution in [-0.4, -0.2) is 16.1 Å². The number of carbonyl (C=O) groups excluding carboxylic acids is 2. The highest BCUT2D eigenvalue weighted by atomic mass is 35.5. The van der Waals surface area contributed by atoms with Crippen molar-refractivity contribution in [1.29, 1.82) is 0 Å². The molecule has 6 heteroatoms. The van der Waals surface area contributed by atoms with Crippen LogP contribution in [0.15, 0.2) is 34.3 Å². The van der Waals surface area contributed by atoms with E-state index in [2.05, 4.69) is 18.4 Å². The van der Waals surface area contributed by atoms with Crippen LogP contribution in [0.1, 0.15) is 51.9 Å². The van der Waals surface area contributed by atoms with E-state index in [9.17, 15) is 9.59 Å². The first kappa shape index (κ1) is 17.1. The lowest BCUT2D eigenvalue weighted by molar-refractivity contribution is 0.0990. The molecule has 3 aromatic rings.